The number of alkyl halides is 3. The van der Waals surface area contributed by atoms with Crippen LogP contribution in [-0.4, -0.2) is 17.8 Å². The molecule has 0 amide bonds. The molecule has 0 radical (unpaired) electrons. The second kappa shape index (κ2) is 9.36. The maximum atomic E-state index is 12.7. The van der Waals surface area contributed by atoms with Gasteiger partial charge in [-0.3, -0.25) is 14.6 Å². The predicted molar refractivity (Wildman–Crippen MR) is 104 cm³/mol. The monoisotopic (exact) mass is 402 g/mol. The van der Waals surface area contributed by atoms with Crippen molar-refractivity contribution in [2.24, 2.45) is 16.5 Å². The molecule has 0 spiro atoms. The summed E-state index contributed by atoms with van der Waals surface area (Å²) in [6.45, 7) is 0. The van der Waals surface area contributed by atoms with E-state index in [1.54, 1.807) is 30.3 Å². The van der Waals surface area contributed by atoms with Gasteiger partial charge in [0.2, 0.25) is 5.78 Å². The summed E-state index contributed by atoms with van der Waals surface area (Å²) in [5.74, 6) is -2.19. The molecule has 2 aromatic rings. The van der Waals surface area contributed by atoms with Gasteiger partial charge >= 0.3 is 6.18 Å². The quantitative estimate of drug-likeness (QED) is 0.285. The molecule has 0 aliphatic heterocycles. The van der Waals surface area contributed by atoms with Crippen LogP contribution in [0.15, 0.2) is 83.3 Å². The van der Waals surface area contributed by atoms with Gasteiger partial charge < -0.3 is 16.8 Å². The van der Waals surface area contributed by atoms with Crippen LogP contribution in [0.3, 0.4) is 0 Å². The zero-order chi connectivity index (χ0) is 21.4. The number of benzene rings is 2. The number of hydrogen-bond acceptors (Lipinski definition) is 6. The minimum Gasteiger partial charge on any atom is -0.405 e. The number of allylic oxidation sites excluding steroid dienone is 2. The van der Waals surface area contributed by atoms with E-state index < -0.39 is 29.0 Å². The molecule has 0 saturated heterocycles. The molecule has 0 aliphatic rings. The Morgan fingerprint density at radius 1 is 1.03 bits per heavy atom. The SMILES string of the molecule is NC=CC(Nc1ccccc1)=C(N)C(=O)C(=O)C=Nc1cccc(C(F)(F)F)c1. The van der Waals surface area contributed by atoms with Crippen molar-refractivity contribution in [1.29, 1.82) is 0 Å². The Labute approximate surface area is 164 Å². The molecule has 0 unspecified atom stereocenters. The fourth-order valence-corrected chi connectivity index (χ4v) is 2.18. The van der Waals surface area contributed by atoms with Crippen LogP contribution in [0.2, 0.25) is 0 Å². The number of carbonyl (C=O) groups excluding carboxylic acids is 2. The van der Waals surface area contributed by atoms with Gasteiger partial charge in [0, 0.05) is 5.69 Å². The third-order valence-corrected chi connectivity index (χ3v) is 3.58. The second-order valence-electron chi connectivity index (χ2n) is 5.68. The molecule has 0 saturated carbocycles. The van der Waals surface area contributed by atoms with Crippen LogP contribution in [0.4, 0.5) is 24.5 Å². The van der Waals surface area contributed by atoms with E-state index in [1.807, 2.05) is 0 Å². The number of aliphatic imine (C=N–C) groups is 1. The molecule has 0 heterocycles. The Balaban J connectivity index is 2.22. The maximum absolute atomic E-state index is 12.7. The first kappa shape index (κ1) is 21.4. The van der Waals surface area contributed by atoms with Gasteiger partial charge in [-0.1, -0.05) is 24.3 Å². The van der Waals surface area contributed by atoms with Crippen LogP contribution in [0.5, 0.6) is 0 Å². The standard InChI is InChI=1S/C20H17F3N4O2/c21-20(22,23)13-5-4-8-15(11-13)26-12-17(28)19(29)18(25)16(9-10-24)27-14-6-2-1-3-7-14/h1-12,27H,24-25H2. The van der Waals surface area contributed by atoms with Crippen molar-refractivity contribution >= 4 is 29.2 Å². The molecule has 29 heavy (non-hydrogen) atoms. The predicted octanol–water partition coefficient (Wildman–Crippen LogP) is 3.30. The first-order valence-corrected chi connectivity index (χ1v) is 8.22. The minimum atomic E-state index is -4.55. The summed E-state index contributed by atoms with van der Waals surface area (Å²) in [5.41, 5.74) is 10.3. The highest BCUT2D eigenvalue weighted by Crippen LogP contribution is 2.31. The molecular formula is C20H17F3N4O2. The maximum Gasteiger partial charge on any atom is 0.416 e. The Morgan fingerprint density at radius 2 is 1.72 bits per heavy atom. The van der Waals surface area contributed by atoms with Gasteiger partial charge in [0.15, 0.2) is 0 Å². The first-order valence-electron chi connectivity index (χ1n) is 8.22. The lowest BCUT2D eigenvalue weighted by Gasteiger charge is -2.10. The van der Waals surface area contributed by atoms with Crippen molar-refractivity contribution < 1.29 is 22.8 Å². The average Bonchev–Trinajstić information content (AvgIpc) is 2.71. The molecule has 9 heteroatoms. The summed E-state index contributed by atoms with van der Waals surface area (Å²) in [5, 5.41) is 2.86. The lowest BCUT2D eigenvalue weighted by molar-refractivity contribution is -0.137. The Morgan fingerprint density at radius 3 is 2.34 bits per heavy atom. The smallest absolute Gasteiger partial charge is 0.405 e. The largest absolute Gasteiger partial charge is 0.416 e. The van der Waals surface area contributed by atoms with Crippen molar-refractivity contribution in [2.45, 2.75) is 6.18 Å². The number of Topliss-reactive ketones (excluding diaryl/α,β-unsaturated/α-hetero) is 2. The number of hydrogen-bond donors (Lipinski definition) is 3. The van der Waals surface area contributed by atoms with E-state index >= 15 is 0 Å². The van der Waals surface area contributed by atoms with Gasteiger partial charge in [-0.15, -0.1) is 0 Å². The van der Waals surface area contributed by atoms with E-state index in [2.05, 4.69) is 10.3 Å². The zero-order valence-corrected chi connectivity index (χ0v) is 15.0. The minimum absolute atomic E-state index is 0.0875. The van der Waals surface area contributed by atoms with Crippen LogP contribution in [0.25, 0.3) is 0 Å². The van der Waals surface area contributed by atoms with E-state index in [0.717, 1.165) is 24.4 Å². The third-order valence-electron chi connectivity index (χ3n) is 3.58. The molecule has 6 nitrogen and oxygen atoms in total. The summed E-state index contributed by atoms with van der Waals surface area (Å²) >= 11 is 0. The number of nitrogens with two attached hydrogens (primary N) is 2. The fraction of sp³-hybridized carbons (Fsp3) is 0.0500. The second-order valence-corrected chi connectivity index (χ2v) is 5.68. The molecule has 0 bridgehead atoms. The molecule has 0 aromatic heterocycles. The van der Waals surface area contributed by atoms with Crippen LogP contribution in [0, 0.1) is 0 Å². The lowest BCUT2D eigenvalue weighted by Crippen LogP contribution is -2.25. The van der Waals surface area contributed by atoms with Crippen LogP contribution >= 0.6 is 0 Å². The number of ketones is 2. The summed E-state index contributed by atoms with van der Waals surface area (Å²) in [6.07, 6.45) is -1.49. The number of nitrogens with zero attached hydrogens (tertiary/aromatic N) is 1. The molecule has 0 atom stereocenters. The number of carbonyl (C=O) groups is 2. The van der Waals surface area contributed by atoms with Crippen LogP contribution < -0.4 is 16.8 Å². The Kier molecular flexibility index (Phi) is 6.91. The topological polar surface area (TPSA) is 111 Å². The van der Waals surface area contributed by atoms with Crippen molar-refractivity contribution in [2.75, 3.05) is 5.32 Å². The summed E-state index contributed by atoms with van der Waals surface area (Å²) < 4.78 is 38.2. The number of para-hydroxylation sites is 1. The van der Waals surface area contributed by atoms with Crippen LogP contribution in [0.1, 0.15) is 5.56 Å². The molecule has 5 N–H and O–H groups in total. The number of rotatable bonds is 7. The summed E-state index contributed by atoms with van der Waals surface area (Å²) in [6, 6.07) is 12.7. The van der Waals surface area contributed by atoms with Crippen molar-refractivity contribution in [3.63, 3.8) is 0 Å². The highest BCUT2D eigenvalue weighted by molar-refractivity contribution is 6.62. The van der Waals surface area contributed by atoms with Crippen molar-refractivity contribution in [3.8, 4) is 0 Å². The molecule has 2 rings (SSSR count). The van der Waals surface area contributed by atoms with E-state index in [9.17, 15) is 22.8 Å². The molecule has 0 aliphatic carbocycles. The highest BCUT2D eigenvalue weighted by atomic mass is 19.4. The number of nitrogens with one attached hydrogen (secondary N) is 1. The van der Waals surface area contributed by atoms with Crippen molar-refractivity contribution in [3.05, 3.63) is 83.8 Å². The summed E-state index contributed by atoms with van der Waals surface area (Å²) in [7, 11) is 0. The van der Waals surface area contributed by atoms with Gasteiger partial charge in [-0.2, -0.15) is 13.2 Å². The van der Waals surface area contributed by atoms with Gasteiger partial charge in [0.25, 0.3) is 5.78 Å². The zero-order valence-electron chi connectivity index (χ0n) is 15.0. The van der Waals surface area contributed by atoms with Gasteiger partial charge in [0.05, 0.1) is 23.2 Å². The van der Waals surface area contributed by atoms with Crippen LogP contribution in [-0.2, 0) is 15.8 Å². The number of anilines is 1. The normalized spacial score (nSPS) is 12.8. The lowest BCUT2D eigenvalue weighted by atomic mass is 10.1. The van der Waals surface area contributed by atoms with Crippen molar-refractivity contribution in [1.82, 2.24) is 0 Å². The molecule has 2 aromatic carbocycles. The van der Waals surface area contributed by atoms with E-state index in [4.69, 9.17) is 11.5 Å². The Bertz CT molecular complexity index is 981. The summed E-state index contributed by atoms with van der Waals surface area (Å²) in [4.78, 5) is 28.0. The van der Waals surface area contributed by atoms with Gasteiger partial charge in [-0.25, -0.2) is 0 Å². The molecular weight excluding hydrogens is 385 g/mol. The number of halogens is 3. The third kappa shape index (κ3) is 6.06. The first-order chi connectivity index (χ1) is 13.7. The van der Waals surface area contributed by atoms with Gasteiger partial charge in [-0.05, 0) is 42.6 Å². The van der Waals surface area contributed by atoms with E-state index in [-0.39, 0.29) is 11.4 Å². The Hall–Kier alpha value is -3.88. The molecule has 0 fully saturated rings. The average molecular weight is 402 g/mol. The van der Waals surface area contributed by atoms with E-state index in [1.165, 1.54) is 12.1 Å². The van der Waals surface area contributed by atoms with E-state index in [0.29, 0.717) is 11.9 Å². The molecule has 150 valence electrons. The van der Waals surface area contributed by atoms with Gasteiger partial charge in [0.1, 0.15) is 5.70 Å². The highest BCUT2D eigenvalue weighted by Gasteiger charge is 2.30. The fourth-order valence-electron chi connectivity index (χ4n) is 2.18.